The van der Waals surface area contributed by atoms with Crippen molar-refractivity contribution in [1.82, 2.24) is 4.90 Å². The zero-order valence-electron chi connectivity index (χ0n) is 17.6. The number of aliphatic hydroxyl groups excluding tert-OH is 1. The van der Waals surface area contributed by atoms with Gasteiger partial charge in [0, 0.05) is 31.6 Å². The molecule has 156 valence electrons. The standard InChI is InChI=1S/C24H32N2O3/c1-18(2)28-17-21(27)15-26(14-20-10-5-4-6-11-20)16-22-13-24(25-29-22)23-12-8-7-9-19(23)3/h4-12,18,21-22,27H,13-17H2,1-3H3/t21-,22+/m1/s1. The molecular formula is C24H32N2O3. The minimum absolute atomic E-state index is 0.0217. The van der Waals surface area contributed by atoms with Gasteiger partial charge in [-0.05, 0) is 31.9 Å². The van der Waals surface area contributed by atoms with Gasteiger partial charge in [-0.2, -0.15) is 0 Å². The largest absolute Gasteiger partial charge is 0.390 e. The zero-order chi connectivity index (χ0) is 20.6. The number of aliphatic hydroxyl groups is 1. The zero-order valence-corrected chi connectivity index (χ0v) is 17.6. The third-order valence-electron chi connectivity index (χ3n) is 4.99. The Hall–Kier alpha value is -2.21. The van der Waals surface area contributed by atoms with Gasteiger partial charge in [0.1, 0.15) is 6.10 Å². The predicted octanol–water partition coefficient (Wildman–Crippen LogP) is 3.78. The van der Waals surface area contributed by atoms with Crippen LogP contribution in [0.5, 0.6) is 0 Å². The maximum atomic E-state index is 10.5. The quantitative estimate of drug-likeness (QED) is 0.664. The molecule has 2 aromatic rings. The fraction of sp³-hybridized carbons (Fsp3) is 0.458. The summed E-state index contributed by atoms with van der Waals surface area (Å²) in [6, 6.07) is 18.6. The molecule has 2 aromatic carbocycles. The minimum Gasteiger partial charge on any atom is -0.390 e. The van der Waals surface area contributed by atoms with E-state index in [1.165, 1.54) is 11.1 Å². The first-order chi connectivity index (χ1) is 14.0. The summed E-state index contributed by atoms with van der Waals surface area (Å²) in [6.07, 6.45) is 0.315. The molecule has 1 aliphatic rings. The smallest absolute Gasteiger partial charge is 0.145 e. The molecule has 29 heavy (non-hydrogen) atoms. The molecule has 1 heterocycles. The Labute approximate surface area is 173 Å². The van der Waals surface area contributed by atoms with E-state index in [1.807, 2.05) is 44.2 Å². The first-order valence-electron chi connectivity index (χ1n) is 10.4. The molecule has 0 bridgehead atoms. The van der Waals surface area contributed by atoms with Crippen LogP contribution >= 0.6 is 0 Å². The van der Waals surface area contributed by atoms with Crippen molar-refractivity contribution < 1.29 is 14.7 Å². The highest BCUT2D eigenvalue weighted by Gasteiger charge is 2.26. The maximum Gasteiger partial charge on any atom is 0.145 e. The number of oxime groups is 1. The van der Waals surface area contributed by atoms with Gasteiger partial charge < -0.3 is 14.7 Å². The van der Waals surface area contributed by atoms with Crippen molar-refractivity contribution in [1.29, 1.82) is 0 Å². The van der Waals surface area contributed by atoms with E-state index in [4.69, 9.17) is 9.57 Å². The van der Waals surface area contributed by atoms with Crippen LogP contribution in [0.25, 0.3) is 0 Å². The molecule has 0 aliphatic carbocycles. The molecule has 0 radical (unpaired) electrons. The number of hydrogen-bond acceptors (Lipinski definition) is 5. The molecular weight excluding hydrogens is 364 g/mol. The summed E-state index contributed by atoms with van der Waals surface area (Å²) in [4.78, 5) is 7.98. The summed E-state index contributed by atoms with van der Waals surface area (Å²) in [7, 11) is 0. The Morgan fingerprint density at radius 1 is 1.14 bits per heavy atom. The molecule has 0 saturated heterocycles. The van der Waals surface area contributed by atoms with Gasteiger partial charge in [0.05, 0.1) is 24.5 Å². The summed E-state index contributed by atoms with van der Waals surface area (Å²) >= 11 is 0. The van der Waals surface area contributed by atoms with Crippen molar-refractivity contribution in [2.75, 3.05) is 19.7 Å². The Balaban J connectivity index is 1.61. The molecule has 0 unspecified atom stereocenters. The van der Waals surface area contributed by atoms with E-state index in [-0.39, 0.29) is 12.2 Å². The van der Waals surface area contributed by atoms with E-state index < -0.39 is 6.10 Å². The van der Waals surface area contributed by atoms with E-state index in [0.717, 1.165) is 24.2 Å². The summed E-state index contributed by atoms with van der Waals surface area (Å²) in [5.74, 6) is 0. The Bertz CT molecular complexity index is 792. The van der Waals surface area contributed by atoms with Crippen molar-refractivity contribution >= 4 is 5.71 Å². The van der Waals surface area contributed by atoms with E-state index in [0.29, 0.717) is 19.7 Å². The molecule has 3 rings (SSSR count). The average Bonchev–Trinajstić information content (AvgIpc) is 3.15. The van der Waals surface area contributed by atoms with Gasteiger partial charge in [0.25, 0.3) is 0 Å². The van der Waals surface area contributed by atoms with Crippen molar-refractivity contribution in [3.8, 4) is 0 Å². The average molecular weight is 397 g/mol. The molecule has 5 heteroatoms. The highest BCUT2D eigenvalue weighted by atomic mass is 16.6. The van der Waals surface area contributed by atoms with Gasteiger partial charge in [-0.1, -0.05) is 59.8 Å². The van der Waals surface area contributed by atoms with E-state index in [2.05, 4.69) is 41.2 Å². The first-order valence-corrected chi connectivity index (χ1v) is 10.4. The fourth-order valence-corrected chi connectivity index (χ4v) is 3.57. The topological polar surface area (TPSA) is 54.3 Å². The van der Waals surface area contributed by atoms with E-state index in [9.17, 15) is 5.11 Å². The Morgan fingerprint density at radius 2 is 1.86 bits per heavy atom. The van der Waals surface area contributed by atoms with Gasteiger partial charge in [0.15, 0.2) is 0 Å². The van der Waals surface area contributed by atoms with Crippen LogP contribution in [0.2, 0.25) is 0 Å². The molecule has 0 aromatic heterocycles. The second-order valence-corrected chi connectivity index (χ2v) is 8.00. The van der Waals surface area contributed by atoms with Crippen molar-refractivity contribution in [3.63, 3.8) is 0 Å². The van der Waals surface area contributed by atoms with Crippen LogP contribution in [0.3, 0.4) is 0 Å². The molecule has 0 amide bonds. The van der Waals surface area contributed by atoms with E-state index >= 15 is 0 Å². The molecule has 1 N–H and O–H groups in total. The summed E-state index contributed by atoms with van der Waals surface area (Å²) in [5.41, 5.74) is 4.56. The molecule has 0 fully saturated rings. The van der Waals surface area contributed by atoms with Gasteiger partial charge in [-0.15, -0.1) is 0 Å². The van der Waals surface area contributed by atoms with Gasteiger partial charge >= 0.3 is 0 Å². The molecule has 2 atom stereocenters. The molecule has 1 aliphatic heterocycles. The van der Waals surface area contributed by atoms with Crippen LogP contribution in [0.1, 0.15) is 37.0 Å². The van der Waals surface area contributed by atoms with Crippen LogP contribution in [0.4, 0.5) is 0 Å². The minimum atomic E-state index is -0.542. The van der Waals surface area contributed by atoms with Crippen LogP contribution in [-0.2, 0) is 16.1 Å². The van der Waals surface area contributed by atoms with Crippen LogP contribution in [-0.4, -0.2) is 53.7 Å². The second kappa shape index (κ2) is 10.5. The number of aryl methyl sites for hydroxylation is 1. The number of benzene rings is 2. The monoisotopic (exact) mass is 396 g/mol. The lowest BCUT2D eigenvalue weighted by atomic mass is 10.00. The van der Waals surface area contributed by atoms with Crippen molar-refractivity contribution in [2.24, 2.45) is 5.16 Å². The SMILES string of the molecule is Cc1ccccc1C1=NO[C@H](CN(Cc2ccccc2)C[C@@H](O)COC(C)C)C1. The van der Waals surface area contributed by atoms with Crippen LogP contribution in [0, 0.1) is 6.92 Å². The predicted molar refractivity (Wildman–Crippen MR) is 116 cm³/mol. The highest BCUT2D eigenvalue weighted by Crippen LogP contribution is 2.21. The van der Waals surface area contributed by atoms with Crippen LogP contribution in [0.15, 0.2) is 59.8 Å². The van der Waals surface area contributed by atoms with Gasteiger partial charge in [-0.25, -0.2) is 0 Å². The highest BCUT2D eigenvalue weighted by molar-refractivity contribution is 6.02. The van der Waals surface area contributed by atoms with Crippen LogP contribution < -0.4 is 0 Å². The summed E-state index contributed by atoms with van der Waals surface area (Å²) in [6.45, 7) is 8.36. The number of ether oxygens (including phenoxy) is 1. The number of nitrogens with zero attached hydrogens (tertiary/aromatic N) is 2. The lowest BCUT2D eigenvalue weighted by Crippen LogP contribution is -2.39. The maximum absolute atomic E-state index is 10.5. The Morgan fingerprint density at radius 3 is 2.59 bits per heavy atom. The van der Waals surface area contributed by atoms with Crippen molar-refractivity contribution in [2.45, 2.75) is 52.0 Å². The summed E-state index contributed by atoms with van der Waals surface area (Å²) < 4.78 is 5.58. The third-order valence-corrected chi connectivity index (χ3v) is 4.99. The van der Waals surface area contributed by atoms with Crippen molar-refractivity contribution in [3.05, 3.63) is 71.3 Å². The molecule has 0 saturated carbocycles. The molecule has 0 spiro atoms. The van der Waals surface area contributed by atoms with E-state index in [1.54, 1.807) is 0 Å². The number of hydrogen-bond donors (Lipinski definition) is 1. The second-order valence-electron chi connectivity index (χ2n) is 8.00. The lowest BCUT2D eigenvalue weighted by molar-refractivity contribution is -0.0194. The molecule has 5 nitrogen and oxygen atoms in total. The Kier molecular flexibility index (Phi) is 7.81. The van der Waals surface area contributed by atoms with Gasteiger partial charge in [0.2, 0.25) is 0 Å². The normalized spacial score (nSPS) is 17.4. The fourth-order valence-electron chi connectivity index (χ4n) is 3.57. The third kappa shape index (κ3) is 6.67. The lowest BCUT2D eigenvalue weighted by Gasteiger charge is -2.27. The summed E-state index contributed by atoms with van der Waals surface area (Å²) in [5, 5.41) is 14.8. The number of rotatable bonds is 10. The van der Waals surface area contributed by atoms with Gasteiger partial charge in [-0.3, -0.25) is 4.90 Å². The first kappa shape index (κ1) is 21.5.